The summed E-state index contributed by atoms with van der Waals surface area (Å²) in [5.41, 5.74) is 1.04. The van der Waals surface area contributed by atoms with Crippen molar-refractivity contribution in [3.05, 3.63) is 29.4 Å². The molecule has 0 aromatic carbocycles. The molecule has 0 fully saturated rings. The molecule has 2 aromatic heterocycles. The Kier molecular flexibility index (Phi) is 3.64. The van der Waals surface area contributed by atoms with Crippen molar-refractivity contribution in [3.63, 3.8) is 0 Å². The average Bonchev–Trinajstić information content (AvgIpc) is 2.97. The minimum absolute atomic E-state index is 0.178. The van der Waals surface area contributed by atoms with Gasteiger partial charge >= 0.3 is 0 Å². The molecule has 102 valence electrons. The molecule has 2 rings (SSSR count). The Morgan fingerprint density at radius 3 is 2.79 bits per heavy atom. The second-order valence-corrected chi connectivity index (χ2v) is 4.77. The highest BCUT2D eigenvalue weighted by molar-refractivity contribution is 5.91. The highest BCUT2D eigenvalue weighted by Gasteiger charge is 2.17. The van der Waals surface area contributed by atoms with E-state index in [-0.39, 0.29) is 11.9 Å². The van der Waals surface area contributed by atoms with Gasteiger partial charge in [-0.2, -0.15) is 0 Å². The van der Waals surface area contributed by atoms with Crippen LogP contribution < -0.4 is 0 Å². The highest BCUT2D eigenvalue weighted by atomic mass is 16.5. The van der Waals surface area contributed by atoms with Crippen molar-refractivity contribution in [3.8, 4) is 0 Å². The van der Waals surface area contributed by atoms with Crippen LogP contribution >= 0.6 is 0 Å². The van der Waals surface area contributed by atoms with E-state index in [2.05, 4.69) is 15.5 Å². The molecule has 0 N–H and O–H groups in total. The van der Waals surface area contributed by atoms with E-state index < -0.39 is 0 Å². The lowest BCUT2D eigenvalue weighted by Gasteiger charge is -2.13. The first-order valence-corrected chi connectivity index (χ1v) is 6.07. The second-order valence-electron chi connectivity index (χ2n) is 4.77. The summed E-state index contributed by atoms with van der Waals surface area (Å²) in [4.78, 5) is 13.7. The highest BCUT2D eigenvalue weighted by Crippen LogP contribution is 2.08. The number of carbonyl (C=O) groups is 1. The Labute approximate surface area is 111 Å². The number of aromatic nitrogens is 4. The van der Waals surface area contributed by atoms with Crippen LogP contribution in [-0.2, 0) is 6.54 Å². The molecule has 0 atom stereocenters. The molecule has 2 heterocycles. The first-order chi connectivity index (χ1) is 8.97. The summed E-state index contributed by atoms with van der Waals surface area (Å²) in [6, 6.07) is 1.98. The van der Waals surface area contributed by atoms with Gasteiger partial charge in [-0.25, -0.2) is 4.68 Å². The lowest BCUT2D eigenvalue weighted by atomic mass is 10.3. The van der Waals surface area contributed by atoms with Gasteiger partial charge < -0.3 is 9.42 Å². The van der Waals surface area contributed by atoms with Crippen molar-refractivity contribution in [2.75, 3.05) is 7.05 Å². The molecule has 0 aliphatic carbocycles. The quantitative estimate of drug-likeness (QED) is 0.833. The Bertz CT molecular complexity index is 572. The zero-order chi connectivity index (χ0) is 14.0. The molecule has 7 nitrogen and oxygen atoms in total. The van der Waals surface area contributed by atoms with E-state index in [1.807, 2.05) is 20.8 Å². The molecule has 0 aliphatic heterocycles. The van der Waals surface area contributed by atoms with Gasteiger partial charge in [0.05, 0.1) is 12.7 Å². The maximum atomic E-state index is 12.1. The van der Waals surface area contributed by atoms with Crippen LogP contribution in [0.25, 0.3) is 0 Å². The molecule has 0 unspecified atom stereocenters. The smallest absolute Gasteiger partial charge is 0.276 e. The third kappa shape index (κ3) is 2.98. The molecule has 7 heteroatoms. The molecule has 0 saturated carbocycles. The van der Waals surface area contributed by atoms with Crippen LogP contribution in [0.5, 0.6) is 0 Å². The Morgan fingerprint density at radius 2 is 2.26 bits per heavy atom. The monoisotopic (exact) mass is 263 g/mol. The van der Waals surface area contributed by atoms with Crippen molar-refractivity contribution >= 4 is 5.91 Å². The van der Waals surface area contributed by atoms with Gasteiger partial charge in [0, 0.05) is 19.2 Å². The summed E-state index contributed by atoms with van der Waals surface area (Å²) in [5, 5.41) is 11.7. The number of hydrogen-bond acceptors (Lipinski definition) is 5. The SMILES string of the molecule is Cc1cc(CN(C)C(=O)c2cn(C(C)C)nn2)no1. The lowest BCUT2D eigenvalue weighted by molar-refractivity contribution is 0.0776. The van der Waals surface area contributed by atoms with E-state index >= 15 is 0 Å². The lowest BCUT2D eigenvalue weighted by Crippen LogP contribution is -2.26. The molecule has 2 aromatic rings. The van der Waals surface area contributed by atoms with Crippen LogP contribution in [0.4, 0.5) is 0 Å². The van der Waals surface area contributed by atoms with E-state index in [4.69, 9.17) is 4.52 Å². The maximum absolute atomic E-state index is 12.1. The average molecular weight is 263 g/mol. The maximum Gasteiger partial charge on any atom is 0.276 e. The minimum Gasteiger partial charge on any atom is -0.361 e. The fraction of sp³-hybridized carbons (Fsp3) is 0.500. The molecule has 0 aliphatic rings. The Balaban J connectivity index is 2.05. The van der Waals surface area contributed by atoms with E-state index in [1.165, 1.54) is 4.90 Å². The van der Waals surface area contributed by atoms with Gasteiger partial charge in [-0.1, -0.05) is 10.4 Å². The largest absolute Gasteiger partial charge is 0.361 e. The summed E-state index contributed by atoms with van der Waals surface area (Å²) in [6.45, 7) is 6.15. The summed E-state index contributed by atoms with van der Waals surface area (Å²) in [7, 11) is 1.70. The van der Waals surface area contributed by atoms with Crippen LogP contribution in [0.15, 0.2) is 16.8 Å². The van der Waals surface area contributed by atoms with Gasteiger partial charge in [0.1, 0.15) is 11.5 Å². The van der Waals surface area contributed by atoms with Crippen molar-refractivity contribution in [1.29, 1.82) is 0 Å². The number of rotatable bonds is 4. The third-order valence-corrected chi connectivity index (χ3v) is 2.68. The second kappa shape index (κ2) is 5.21. The van der Waals surface area contributed by atoms with Crippen LogP contribution in [0.1, 0.15) is 41.8 Å². The Hall–Kier alpha value is -2.18. The van der Waals surface area contributed by atoms with Gasteiger partial charge in [-0.15, -0.1) is 5.10 Å². The van der Waals surface area contributed by atoms with Gasteiger partial charge in [-0.05, 0) is 20.8 Å². The summed E-state index contributed by atoms with van der Waals surface area (Å²) < 4.78 is 6.62. The molecule has 1 amide bonds. The Morgan fingerprint density at radius 1 is 1.53 bits per heavy atom. The first-order valence-electron chi connectivity index (χ1n) is 6.07. The van der Waals surface area contributed by atoms with E-state index in [1.54, 1.807) is 24.0 Å². The van der Waals surface area contributed by atoms with E-state index in [0.29, 0.717) is 17.9 Å². The third-order valence-electron chi connectivity index (χ3n) is 2.68. The minimum atomic E-state index is -0.187. The van der Waals surface area contributed by atoms with E-state index in [9.17, 15) is 4.79 Å². The standard InChI is InChI=1S/C12H17N5O2/c1-8(2)17-7-11(13-15-17)12(18)16(4)6-10-5-9(3)19-14-10/h5,7-8H,6H2,1-4H3. The van der Waals surface area contributed by atoms with Crippen molar-refractivity contribution in [1.82, 2.24) is 25.1 Å². The van der Waals surface area contributed by atoms with Gasteiger partial charge in [0.15, 0.2) is 5.69 Å². The number of aryl methyl sites for hydroxylation is 1. The summed E-state index contributed by atoms with van der Waals surface area (Å²) in [6.07, 6.45) is 1.65. The van der Waals surface area contributed by atoms with Crippen molar-refractivity contribution in [2.24, 2.45) is 0 Å². The molecular formula is C12H17N5O2. The fourth-order valence-corrected chi connectivity index (χ4v) is 1.63. The molecule has 0 spiro atoms. The van der Waals surface area contributed by atoms with Crippen LogP contribution in [0, 0.1) is 6.92 Å². The van der Waals surface area contributed by atoms with Crippen LogP contribution in [0.2, 0.25) is 0 Å². The van der Waals surface area contributed by atoms with Gasteiger partial charge in [0.2, 0.25) is 0 Å². The van der Waals surface area contributed by atoms with E-state index in [0.717, 1.165) is 5.76 Å². The van der Waals surface area contributed by atoms with Gasteiger partial charge in [0.25, 0.3) is 5.91 Å². The van der Waals surface area contributed by atoms with Crippen LogP contribution in [-0.4, -0.2) is 38.0 Å². The van der Waals surface area contributed by atoms with Gasteiger partial charge in [-0.3, -0.25) is 4.79 Å². The molecule has 0 radical (unpaired) electrons. The summed E-state index contributed by atoms with van der Waals surface area (Å²) in [5.74, 6) is 0.536. The normalized spacial score (nSPS) is 11.0. The zero-order valence-electron chi connectivity index (χ0n) is 11.5. The number of hydrogen-bond donors (Lipinski definition) is 0. The summed E-state index contributed by atoms with van der Waals surface area (Å²) >= 11 is 0. The number of amides is 1. The number of nitrogens with zero attached hydrogens (tertiary/aromatic N) is 5. The predicted octanol–water partition coefficient (Wildman–Crippen LogP) is 1.43. The topological polar surface area (TPSA) is 77.1 Å². The fourth-order valence-electron chi connectivity index (χ4n) is 1.63. The first kappa shape index (κ1) is 13.3. The molecule has 0 saturated heterocycles. The molecular weight excluding hydrogens is 246 g/mol. The predicted molar refractivity (Wildman–Crippen MR) is 67.4 cm³/mol. The van der Waals surface area contributed by atoms with Crippen LogP contribution in [0.3, 0.4) is 0 Å². The van der Waals surface area contributed by atoms with Crippen molar-refractivity contribution in [2.45, 2.75) is 33.4 Å². The molecule has 0 bridgehead atoms. The number of carbonyl (C=O) groups excluding carboxylic acids is 1. The molecule has 19 heavy (non-hydrogen) atoms. The zero-order valence-corrected chi connectivity index (χ0v) is 11.5. The van der Waals surface area contributed by atoms with Crippen molar-refractivity contribution < 1.29 is 9.32 Å².